The Hall–Kier alpha value is -1.67. The Kier molecular flexibility index (Phi) is 5.59. The molecule has 1 aromatic rings. The van der Waals surface area contributed by atoms with E-state index in [1.807, 2.05) is 6.92 Å². The average molecular weight is 341 g/mol. The number of rotatable bonds is 6. The van der Waals surface area contributed by atoms with Crippen LogP contribution in [0.25, 0.3) is 0 Å². The molecule has 0 spiro atoms. The summed E-state index contributed by atoms with van der Waals surface area (Å²) in [6, 6.07) is 4.47. The molecule has 1 saturated heterocycles. The van der Waals surface area contributed by atoms with Gasteiger partial charge in [0.15, 0.2) is 0 Å². The van der Waals surface area contributed by atoms with Gasteiger partial charge in [-0.05, 0) is 18.4 Å². The number of carbonyl (C=O) groups excluding carboxylic acids is 1. The molecule has 2 heterocycles. The molecule has 0 saturated carbocycles. The number of nitrogens with zero attached hydrogens (tertiary/aromatic N) is 2. The molecule has 0 unspecified atom stereocenters. The summed E-state index contributed by atoms with van der Waals surface area (Å²) in [5.74, 6) is -0.0663. The fraction of sp³-hybridized carbons (Fsp3) is 0.600. The molecule has 0 bridgehead atoms. The highest BCUT2D eigenvalue weighted by molar-refractivity contribution is 7.88. The molecule has 1 aliphatic rings. The molecule has 2 atom stereocenters. The smallest absolute Gasteiger partial charge is 0.250 e. The van der Waals surface area contributed by atoms with Crippen molar-refractivity contribution in [1.29, 1.82) is 0 Å². The van der Waals surface area contributed by atoms with Gasteiger partial charge in [0.25, 0.3) is 5.56 Å². The summed E-state index contributed by atoms with van der Waals surface area (Å²) in [6.45, 7) is 2.87. The van der Waals surface area contributed by atoms with Crippen LogP contribution in [-0.4, -0.2) is 49.2 Å². The molecule has 2 rings (SSSR count). The third kappa shape index (κ3) is 4.90. The molecule has 0 aromatic carbocycles. The molecule has 1 fully saturated rings. The van der Waals surface area contributed by atoms with Gasteiger partial charge < -0.3 is 9.47 Å². The van der Waals surface area contributed by atoms with E-state index in [-0.39, 0.29) is 30.0 Å². The van der Waals surface area contributed by atoms with Crippen LogP contribution >= 0.6 is 0 Å². The standard InChI is InChI=1S/C15H23N3O4S/c1-3-6-12-9-18(10-13(12)16-23(2,21)22)15(20)11-17-8-5-4-7-14(17)19/h4-5,7-8,12-13,16H,3,6,9-11H2,1-2H3/t12-,13-/m1/s1. The Morgan fingerprint density at radius 2 is 2.09 bits per heavy atom. The van der Waals surface area contributed by atoms with Crippen molar-refractivity contribution in [3.8, 4) is 0 Å². The highest BCUT2D eigenvalue weighted by Gasteiger charge is 2.36. The summed E-state index contributed by atoms with van der Waals surface area (Å²) in [7, 11) is -3.32. The molecule has 7 nitrogen and oxygen atoms in total. The Morgan fingerprint density at radius 3 is 2.70 bits per heavy atom. The number of hydrogen-bond acceptors (Lipinski definition) is 4. The Labute approximate surface area is 136 Å². The first-order chi connectivity index (χ1) is 10.8. The van der Waals surface area contributed by atoms with Crippen LogP contribution in [0.5, 0.6) is 0 Å². The zero-order chi connectivity index (χ0) is 17.0. The van der Waals surface area contributed by atoms with E-state index in [0.29, 0.717) is 13.1 Å². The average Bonchev–Trinajstić information content (AvgIpc) is 2.83. The van der Waals surface area contributed by atoms with Crippen LogP contribution < -0.4 is 10.3 Å². The Morgan fingerprint density at radius 1 is 1.35 bits per heavy atom. The monoisotopic (exact) mass is 341 g/mol. The summed E-state index contributed by atoms with van der Waals surface area (Å²) in [5.41, 5.74) is -0.226. The van der Waals surface area contributed by atoms with E-state index in [9.17, 15) is 18.0 Å². The molecule has 128 valence electrons. The number of likely N-dealkylation sites (tertiary alicyclic amines) is 1. The molecule has 1 amide bonds. The van der Waals surface area contributed by atoms with Crippen molar-refractivity contribution in [2.24, 2.45) is 5.92 Å². The van der Waals surface area contributed by atoms with Gasteiger partial charge in [-0.15, -0.1) is 0 Å². The summed E-state index contributed by atoms with van der Waals surface area (Å²) < 4.78 is 27.0. The second-order valence-electron chi connectivity index (χ2n) is 6.01. The van der Waals surface area contributed by atoms with Crippen LogP contribution in [-0.2, 0) is 21.4 Å². The van der Waals surface area contributed by atoms with Gasteiger partial charge in [-0.25, -0.2) is 13.1 Å². The number of amides is 1. The highest BCUT2D eigenvalue weighted by Crippen LogP contribution is 2.22. The Bertz CT molecular complexity index is 713. The number of sulfonamides is 1. The van der Waals surface area contributed by atoms with Gasteiger partial charge in [0.05, 0.1) is 6.26 Å². The van der Waals surface area contributed by atoms with Gasteiger partial charge in [0, 0.05) is 31.4 Å². The van der Waals surface area contributed by atoms with Crippen molar-refractivity contribution in [2.45, 2.75) is 32.4 Å². The van der Waals surface area contributed by atoms with E-state index < -0.39 is 10.0 Å². The second-order valence-corrected chi connectivity index (χ2v) is 7.79. The van der Waals surface area contributed by atoms with Gasteiger partial charge in [0.1, 0.15) is 6.54 Å². The summed E-state index contributed by atoms with van der Waals surface area (Å²) >= 11 is 0. The molecule has 1 aliphatic heterocycles. The number of pyridine rings is 1. The maximum atomic E-state index is 12.4. The lowest BCUT2D eigenvalue weighted by Crippen LogP contribution is -2.41. The summed E-state index contributed by atoms with van der Waals surface area (Å²) in [4.78, 5) is 25.7. The normalized spacial score (nSPS) is 21.6. The van der Waals surface area contributed by atoms with Gasteiger partial charge in [-0.3, -0.25) is 9.59 Å². The number of hydrogen-bond donors (Lipinski definition) is 1. The third-order valence-corrected chi connectivity index (χ3v) is 4.75. The van der Waals surface area contributed by atoms with Crippen LogP contribution in [0.1, 0.15) is 19.8 Å². The zero-order valence-corrected chi connectivity index (χ0v) is 14.3. The lowest BCUT2D eigenvalue weighted by Gasteiger charge is -2.17. The molecule has 1 aromatic heterocycles. The highest BCUT2D eigenvalue weighted by atomic mass is 32.2. The van der Waals surface area contributed by atoms with Gasteiger partial charge >= 0.3 is 0 Å². The number of carbonyl (C=O) groups is 1. The van der Waals surface area contributed by atoms with Crippen molar-refractivity contribution < 1.29 is 13.2 Å². The summed E-state index contributed by atoms with van der Waals surface area (Å²) in [6.07, 6.45) is 4.48. The van der Waals surface area contributed by atoms with E-state index in [1.165, 1.54) is 10.6 Å². The number of aromatic nitrogens is 1. The van der Waals surface area contributed by atoms with Crippen molar-refractivity contribution in [3.63, 3.8) is 0 Å². The molecule has 23 heavy (non-hydrogen) atoms. The molecular formula is C15H23N3O4S. The lowest BCUT2D eigenvalue weighted by molar-refractivity contribution is -0.131. The first kappa shape index (κ1) is 17.7. The van der Waals surface area contributed by atoms with Crippen molar-refractivity contribution in [1.82, 2.24) is 14.2 Å². The third-order valence-electron chi connectivity index (χ3n) is 4.02. The minimum absolute atomic E-state index is 0.0237. The maximum absolute atomic E-state index is 12.4. The quantitative estimate of drug-likeness (QED) is 0.790. The van der Waals surface area contributed by atoms with E-state index in [1.54, 1.807) is 23.2 Å². The van der Waals surface area contributed by atoms with E-state index >= 15 is 0 Å². The predicted octanol–water partition coefficient (Wildman–Crippen LogP) is 0.0246. The van der Waals surface area contributed by atoms with Gasteiger partial charge in [-0.2, -0.15) is 0 Å². The maximum Gasteiger partial charge on any atom is 0.250 e. The van der Waals surface area contributed by atoms with Crippen LogP contribution in [0.2, 0.25) is 0 Å². The topological polar surface area (TPSA) is 88.5 Å². The van der Waals surface area contributed by atoms with Crippen LogP contribution in [0, 0.1) is 5.92 Å². The first-order valence-electron chi connectivity index (χ1n) is 7.70. The largest absolute Gasteiger partial charge is 0.339 e. The minimum atomic E-state index is -3.32. The van der Waals surface area contributed by atoms with E-state index in [0.717, 1.165) is 19.1 Å². The summed E-state index contributed by atoms with van der Waals surface area (Å²) in [5, 5.41) is 0. The lowest BCUT2D eigenvalue weighted by atomic mass is 9.99. The fourth-order valence-electron chi connectivity index (χ4n) is 2.98. The van der Waals surface area contributed by atoms with E-state index in [4.69, 9.17) is 0 Å². The van der Waals surface area contributed by atoms with Crippen LogP contribution in [0.4, 0.5) is 0 Å². The first-order valence-corrected chi connectivity index (χ1v) is 9.60. The minimum Gasteiger partial charge on any atom is -0.339 e. The predicted molar refractivity (Wildman–Crippen MR) is 87.4 cm³/mol. The van der Waals surface area contributed by atoms with Crippen molar-refractivity contribution in [2.75, 3.05) is 19.3 Å². The molecule has 0 radical (unpaired) electrons. The van der Waals surface area contributed by atoms with Gasteiger partial charge in [0.2, 0.25) is 15.9 Å². The molecule has 1 N–H and O–H groups in total. The number of nitrogens with one attached hydrogen (secondary N) is 1. The Balaban J connectivity index is 2.07. The van der Waals surface area contributed by atoms with Crippen molar-refractivity contribution in [3.05, 3.63) is 34.7 Å². The van der Waals surface area contributed by atoms with Crippen LogP contribution in [0.15, 0.2) is 29.2 Å². The molecular weight excluding hydrogens is 318 g/mol. The second kappa shape index (κ2) is 7.27. The fourth-order valence-corrected chi connectivity index (χ4v) is 3.80. The van der Waals surface area contributed by atoms with Gasteiger partial charge in [-0.1, -0.05) is 19.4 Å². The van der Waals surface area contributed by atoms with E-state index in [2.05, 4.69) is 4.72 Å². The van der Waals surface area contributed by atoms with Crippen molar-refractivity contribution >= 4 is 15.9 Å². The van der Waals surface area contributed by atoms with Crippen LogP contribution in [0.3, 0.4) is 0 Å². The molecule has 8 heteroatoms. The zero-order valence-electron chi connectivity index (χ0n) is 13.4. The molecule has 0 aliphatic carbocycles. The SMILES string of the molecule is CCC[C@@H]1CN(C(=O)Cn2ccccc2=O)C[C@H]1NS(C)(=O)=O.